The topological polar surface area (TPSA) is 47.9 Å². The van der Waals surface area contributed by atoms with Crippen molar-refractivity contribution in [1.82, 2.24) is 15.0 Å². The third-order valence-electron chi connectivity index (χ3n) is 2.25. The van der Waals surface area contributed by atoms with Crippen LogP contribution in [0.1, 0.15) is 32.2 Å². The maximum atomic E-state index is 5.49. The first-order valence-electron chi connectivity index (χ1n) is 5.38. The molecule has 0 radical (unpaired) electrons. The molecule has 2 aromatic heterocycles. The Kier molecular flexibility index (Phi) is 3.38. The number of ether oxygens (including phenoxy) is 1. The maximum Gasteiger partial charge on any atom is 0.232 e. The normalized spacial score (nSPS) is 11.5. The van der Waals surface area contributed by atoms with Gasteiger partial charge in [-0.15, -0.1) is 11.3 Å². The zero-order valence-electron chi connectivity index (χ0n) is 10.2. The van der Waals surface area contributed by atoms with Gasteiger partial charge in [0.05, 0.1) is 29.3 Å². The smallest absolute Gasteiger partial charge is 0.232 e. The van der Waals surface area contributed by atoms with E-state index in [2.05, 4.69) is 35.7 Å². The first-order chi connectivity index (χ1) is 8.05. The second-order valence-electron chi connectivity index (χ2n) is 4.76. The highest BCUT2D eigenvalue weighted by Gasteiger charge is 2.15. The number of hydrogen-bond donors (Lipinski definition) is 0. The minimum Gasteiger partial charge on any atom is -0.470 e. The highest BCUT2D eigenvalue weighted by atomic mass is 32.1. The van der Waals surface area contributed by atoms with Gasteiger partial charge in [-0.25, -0.2) is 9.97 Å². The summed E-state index contributed by atoms with van der Waals surface area (Å²) in [6, 6.07) is 0. The van der Waals surface area contributed by atoms with Crippen molar-refractivity contribution < 1.29 is 4.74 Å². The molecule has 0 atom stereocenters. The van der Waals surface area contributed by atoms with Gasteiger partial charge in [0.1, 0.15) is 6.61 Å². The Morgan fingerprint density at radius 3 is 2.53 bits per heavy atom. The van der Waals surface area contributed by atoms with Crippen molar-refractivity contribution in [2.75, 3.05) is 0 Å². The van der Waals surface area contributed by atoms with Crippen molar-refractivity contribution >= 4 is 11.3 Å². The van der Waals surface area contributed by atoms with Gasteiger partial charge in [-0.05, 0) is 0 Å². The van der Waals surface area contributed by atoms with E-state index < -0.39 is 0 Å². The molecule has 4 nitrogen and oxygen atoms in total. The molecular weight excluding hydrogens is 234 g/mol. The summed E-state index contributed by atoms with van der Waals surface area (Å²) in [5.74, 6) is 0.533. The SMILES string of the molecule is CC(C)(C)c1cnc(OCc2cscn2)cn1. The molecule has 0 aromatic carbocycles. The number of nitrogens with zero attached hydrogens (tertiary/aromatic N) is 3. The minimum absolute atomic E-state index is 0.0143. The average molecular weight is 249 g/mol. The Morgan fingerprint density at radius 1 is 1.18 bits per heavy atom. The summed E-state index contributed by atoms with van der Waals surface area (Å²) < 4.78 is 5.49. The lowest BCUT2D eigenvalue weighted by atomic mass is 9.93. The standard InChI is InChI=1S/C12H15N3OS/c1-12(2,3)10-4-14-11(5-13-10)16-6-9-7-17-8-15-9/h4-5,7-8H,6H2,1-3H3. The van der Waals surface area contributed by atoms with E-state index >= 15 is 0 Å². The molecule has 0 aliphatic rings. The lowest BCUT2D eigenvalue weighted by Gasteiger charge is -2.16. The molecule has 0 saturated heterocycles. The van der Waals surface area contributed by atoms with Crippen LogP contribution in [-0.2, 0) is 12.0 Å². The quantitative estimate of drug-likeness (QED) is 0.839. The first-order valence-corrected chi connectivity index (χ1v) is 6.32. The monoisotopic (exact) mass is 249 g/mol. The van der Waals surface area contributed by atoms with E-state index in [-0.39, 0.29) is 5.41 Å². The molecule has 0 N–H and O–H groups in total. The van der Waals surface area contributed by atoms with Gasteiger partial charge in [-0.1, -0.05) is 20.8 Å². The van der Waals surface area contributed by atoms with Gasteiger partial charge in [0, 0.05) is 10.8 Å². The molecule has 0 aliphatic carbocycles. The number of thiazole rings is 1. The summed E-state index contributed by atoms with van der Waals surface area (Å²) in [7, 11) is 0. The van der Waals surface area contributed by atoms with Crippen molar-refractivity contribution in [3.8, 4) is 5.88 Å². The molecule has 17 heavy (non-hydrogen) atoms. The molecule has 0 aliphatic heterocycles. The summed E-state index contributed by atoms with van der Waals surface area (Å²) in [4.78, 5) is 12.7. The fraction of sp³-hybridized carbons (Fsp3) is 0.417. The van der Waals surface area contributed by atoms with Crippen molar-refractivity contribution in [3.05, 3.63) is 34.7 Å². The van der Waals surface area contributed by atoms with Gasteiger partial charge in [-0.2, -0.15) is 0 Å². The Bertz CT molecular complexity index is 459. The zero-order valence-corrected chi connectivity index (χ0v) is 11.0. The minimum atomic E-state index is 0.0143. The summed E-state index contributed by atoms with van der Waals surface area (Å²) in [5.41, 5.74) is 3.67. The predicted octanol–water partition coefficient (Wildman–Crippen LogP) is 2.81. The van der Waals surface area contributed by atoms with E-state index in [0.717, 1.165) is 11.4 Å². The Hall–Kier alpha value is -1.49. The molecule has 2 heterocycles. The molecule has 0 amide bonds. The van der Waals surface area contributed by atoms with Crippen molar-refractivity contribution in [2.45, 2.75) is 32.8 Å². The number of rotatable bonds is 3. The molecule has 2 rings (SSSR count). The van der Waals surface area contributed by atoms with E-state index in [1.54, 1.807) is 29.2 Å². The average Bonchev–Trinajstić information content (AvgIpc) is 2.78. The summed E-state index contributed by atoms with van der Waals surface area (Å²) in [5, 5.41) is 1.96. The van der Waals surface area contributed by atoms with E-state index in [4.69, 9.17) is 4.74 Å². The summed E-state index contributed by atoms with van der Waals surface area (Å²) in [6.07, 6.45) is 3.42. The predicted molar refractivity (Wildman–Crippen MR) is 67.2 cm³/mol. The lowest BCUT2D eigenvalue weighted by Crippen LogP contribution is -2.13. The molecule has 2 aromatic rings. The second-order valence-corrected chi connectivity index (χ2v) is 5.48. The molecule has 0 unspecified atom stereocenters. The Morgan fingerprint density at radius 2 is 2.00 bits per heavy atom. The highest BCUT2D eigenvalue weighted by Crippen LogP contribution is 2.20. The van der Waals surface area contributed by atoms with Crippen LogP contribution in [0.15, 0.2) is 23.3 Å². The van der Waals surface area contributed by atoms with Crippen LogP contribution in [0.4, 0.5) is 0 Å². The van der Waals surface area contributed by atoms with Gasteiger partial charge < -0.3 is 4.74 Å². The number of aromatic nitrogens is 3. The van der Waals surface area contributed by atoms with E-state index in [1.165, 1.54) is 0 Å². The van der Waals surface area contributed by atoms with E-state index in [1.807, 2.05) is 5.38 Å². The largest absolute Gasteiger partial charge is 0.470 e. The van der Waals surface area contributed by atoms with Gasteiger partial charge >= 0.3 is 0 Å². The maximum absolute atomic E-state index is 5.49. The van der Waals surface area contributed by atoms with Gasteiger partial charge in [0.2, 0.25) is 5.88 Å². The van der Waals surface area contributed by atoms with Crippen LogP contribution in [-0.4, -0.2) is 15.0 Å². The van der Waals surface area contributed by atoms with Crippen LogP contribution in [0.3, 0.4) is 0 Å². The molecule has 5 heteroatoms. The fourth-order valence-corrected chi connectivity index (χ4v) is 1.78. The van der Waals surface area contributed by atoms with Crippen molar-refractivity contribution in [3.63, 3.8) is 0 Å². The van der Waals surface area contributed by atoms with Crippen LogP contribution in [0.2, 0.25) is 0 Å². The zero-order chi connectivity index (χ0) is 12.3. The van der Waals surface area contributed by atoms with Crippen LogP contribution in [0.5, 0.6) is 5.88 Å². The van der Waals surface area contributed by atoms with Crippen LogP contribution >= 0.6 is 11.3 Å². The lowest BCUT2D eigenvalue weighted by molar-refractivity contribution is 0.288. The van der Waals surface area contributed by atoms with Gasteiger partial charge in [-0.3, -0.25) is 4.98 Å². The van der Waals surface area contributed by atoms with Crippen LogP contribution in [0.25, 0.3) is 0 Å². The van der Waals surface area contributed by atoms with E-state index in [9.17, 15) is 0 Å². The molecule has 0 spiro atoms. The van der Waals surface area contributed by atoms with Gasteiger partial charge in [0.15, 0.2) is 0 Å². The fourth-order valence-electron chi connectivity index (χ4n) is 1.23. The molecular formula is C12H15N3OS. The summed E-state index contributed by atoms with van der Waals surface area (Å²) >= 11 is 1.55. The number of hydrogen-bond acceptors (Lipinski definition) is 5. The molecule has 90 valence electrons. The Balaban J connectivity index is 1.99. The van der Waals surface area contributed by atoms with Crippen molar-refractivity contribution in [1.29, 1.82) is 0 Å². The molecule has 0 bridgehead atoms. The summed E-state index contributed by atoms with van der Waals surface area (Å²) in [6.45, 7) is 6.75. The highest BCUT2D eigenvalue weighted by molar-refractivity contribution is 7.07. The van der Waals surface area contributed by atoms with E-state index in [0.29, 0.717) is 12.5 Å². The van der Waals surface area contributed by atoms with Crippen LogP contribution < -0.4 is 4.74 Å². The molecule has 0 saturated carbocycles. The van der Waals surface area contributed by atoms with Crippen LogP contribution in [0, 0.1) is 0 Å². The Labute approximate surface area is 105 Å². The third-order valence-corrected chi connectivity index (χ3v) is 2.88. The van der Waals surface area contributed by atoms with Crippen molar-refractivity contribution in [2.24, 2.45) is 0 Å². The molecule has 0 fully saturated rings. The van der Waals surface area contributed by atoms with Gasteiger partial charge in [0.25, 0.3) is 0 Å². The first kappa shape index (κ1) is 12.0. The third kappa shape index (κ3) is 3.23. The second kappa shape index (κ2) is 4.79.